The standard InChI is InChI=1S/C26H28FN5O/c1-18-22-11-12-24(33)32(16-19-7-2-3-10-23(19)27)26(22)30-25(29-18)20-8-6-14-31(15-20)17-21-9-4-5-13-28-21/h2-5,7,9-10,13,20H,6,8,11-12,14-17H2,1H3. The van der Waals surface area contributed by atoms with Gasteiger partial charge in [-0.25, -0.2) is 14.4 Å². The Kier molecular flexibility index (Phi) is 6.13. The van der Waals surface area contributed by atoms with Gasteiger partial charge in [0.1, 0.15) is 17.5 Å². The summed E-state index contributed by atoms with van der Waals surface area (Å²) in [5.74, 6) is 1.30. The number of carbonyl (C=O) groups is 1. The number of carbonyl (C=O) groups excluding carboxylic acids is 1. The Balaban J connectivity index is 1.42. The van der Waals surface area contributed by atoms with Crippen LogP contribution >= 0.6 is 0 Å². The van der Waals surface area contributed by atoms with E-state index in [0.29, 0.717) is 24.2 Å². The molecule has 1 saturated heterocycles. The quantitative estimate of drug-likeness (QED) is 0.590. The first-order valence-corrected chi connectivity index (χ1v) is 11.6. The molecule has 0 N–H and O–H groups in total. The van der Waals surface area contributed by atoms with Gasteiger partial charge in [0.25, 0.3) is 0 Å². The van der Waals surface area contributed by atoms with Gasteiger partial charge >= 0.3 is 0 Å². The molecule has 1 aromatic carbocycles. The molecular formula is C26H28FN5O. The van der Waals surface area contributed by atoms with Gasteiger partial charge in [-0.05, 0) is 50.9 Å². The van der Waals surface area contributed by atoms with Crippen LogP contribution in [0.2, 0.25) is 0 Å². The lowest BCUT2D eigenvalue weighted by molar-refractivity contribution is -0.119. The second-order valence-electron chi connectivity index (χ2n) is 8.94. The fourth-order valence-corrected chi connectivity index (χ4v) is 4.88. The minimum absolute atomic E-state index is 0.0183. The van der Waals surface area contributed by atoms with E-state index >= 15 is 0 Å². The van der Waals surface area contributed by atoms with Crippen LogP contribution in [0.1, 0.15) is 53.5 Å². The molecular weight excluding hydrogens is 417 g/mol. The van der Waals surface area contributed by atoms with E-state index in [2.05, 4.69) is 16.0 Å². The van der Waals surface area contributed by atoms with Crippen LogP contribution in [0.15, 0.2) is 48.7 Å². The third kappa shape index (κ3) is 4.64. The van der Waals surface area contributed by atoms with Crippen LogP contribution in [-0.2, 0) is 24.3 Å². The number of piperidine rings is 1. The Bertz CT molecular complexity index is 1150. The normalized spacial score (nSPS) is 18.9. The van der Waals surface area contributed by atoms with E-state index in [1.54, 1.807) is 23.1 Å². The fraction of sp³-hybridized carbons (Fsp3) is 0.385. The maximum Gasteiger partial charge on any atom is 0.228 e. The molecule has 5 rings (SSSR count). The molecule has 0 aliphatic carbocycles. The number of aromatic nitrogens is 3. The summed E-state index contributed by atoms with van der Waals surface area (Å²) in [6, 6.07) is 12.6. The Morgan fingerprint density at radius 1 is 1.06 bits per heavy atom. The van der Waals surface area contributed by atoms with Crippen LogP contribution in [-0.4, -0.2) is 38.8 Å². The number of hydrogen-bond donors (Lipinski definition) is 0. The number of aryl methyl sites for hydroxylation is 1. The number of likely N-dealkylation sites (tertiary alicyclic amines) is 1. The number of benzene rings is 1. The number of fused-ring (bicyclic) bond motifs is 1. The molecule has 4 heterocycles. The molecule has 0 saturated carbocycles. The molecule has 6 nitrogen and oxygen atoms in total. The maximum atomic E-state index is 14.3. The average molecular weight is 446 g/mol. The molecule has 0 spiro atoms. The number of nitrogens with zero attached hydrogens (tertiary/aromatic N) is 5. The lowest BCUT2D eigenvalue weighted by atomic mass is 9.95. The molecule has 1 fully saturated rings. The van der Waals surface area contributed by atoms with Crippen LogP contribution in [0.25, 0.3) is 0 Å². The lowest BCUT2D eigenvalue weighted by Gasteiger charge is -2.34. The number of pyridine rings is 1. The summed E-state index contributed by atoms with van der Waals surface area (Å²) in [6.07, 6.45) is 4.93. The Hall–Kier alpha value is -3.19. The van der Waals surface area contributed by atoms with E-state index in [4.69, 9.17) is 9.97 Å². The molecule has 33 heavy (non-hydrogen) atoms. The minimum atomic E-state index is -0.305. The number of hydrogen-bond acceptors (Lipinski definition) is 5. The molecule has 2 aromatic heterocycles. The number of anilines is 1. The first-order valence-electron chi connectivity index (χ1n) is 11.6. The predicted molar refractivity (Wildman–Crippen MR) is 124 cm³/mol. The van der Waals surface area contributed by atoms with Crippen molar-refractivity contribution in [1.82, 2.24) is 19.9 Å². The zero-order chi connectivity index (χ0) is 22.8. The number of amides is 1. The van der Waals surface area contributed by atoms with E-state index in [1.807, 2.05) is 25.3 Å². The van der Waals surface area contributed by atoms with Gasteiger partial charge in [-0.2, -0.15) is 0 Å². The molecule has 1 unspecified atom stereocenters. The fourth-order valence-electron chi connectivity index (χ4n) is 4.88. The lowest BCUT2D eigenvalue weighted by Crippen LogP contribution is -2.38. The summed E-state index contributed by atoms with van der Waals surface area (Å²) in [5, 5.41) is 0. The van der Waals surface area contributed by atoms with E-state index in [9.17, 15) is 9.18 Å². The van der Waals surface area contributed by atoms with E-state index in [-0.39, 0.29) is 24.2 Å². The molecule has 2 aliphatic rings. The second kappa shape index (κ2) is 9.35. The average Bonchev–Trinajstić information content (AvgIpc) is 2.83. The molecule has 170 valence electrons. The topological polar surface area (TPSA) is 62.2 Å². The van der Waals surface area contributed by atoms with E-state index in [1.165, 1.54) is 6.07 Å². The number of rotatable bonds is 5. The summed E-state index contributed by atoms with van der Waals surface area (Å²) in [5.41, 5.74) is 3.47. The van der Waals surface area contributed by atoms with Crippen molar-refractivity contribution in [2.24, 2.45) is 0 Å². The molecule has 1 amide bonds. The second-order valence-corrected chi connectivity index (χ2v) is 8.94. The highest BCUT2D eigenvalue weighted by Gasteiger charge is 2.31. The van der Waals surface area contributed by atoms with Gasteiger partial charge in [-0.1, -0.05) is 24.3 Å². The zero-order valence-electron chi connectivity index (χ0n) is 18.9. The van der Waals surface area contributed by atoms with Crippen molar-refractivity contribution >= 4 is 11.7 Å². The van der Waals surface area contributed by atoms with Crippen molar-refractivity contribution in [2.45, 2.75) is 51.6 Å². The largest absolute Gasteiger partial charge is 0.297 e. The first-order chi connectivity index (χ1) is 16.1. The summed E-state index contributed by atoms with van der Waals surface area (Å²) in [6.45, 7) is 4.87. The van der Waals surface area contributed by atoms with Crippen LogP contribution in [0.5, 0.6) is 0 Å². The van der Waals surface area contributed by atoms with Crippen molar-refractivity contribution in [1.29, 1.82) is 0 Å². The Labute approximate surface area is 193 Å². The third-order valence-corrected chi connectivity index (χ3v) is 6.62. The van der Waals surface area contributed by atoms with Crippen molar-refractivity contribution in [2.75, 3.05) is 18.0 Å². The first kappa shape index (κ1) is 21.6. The Morgan fingerprint density at radius 2 is 1.91 bits per heavy atom. The summed E-state index contributed by atoms with van der Waals surface area (Å²) in [7, 11) is 0. The van der Waals surface area contributed by atoms with Crippen molar-refractivity contribution in [3.63, 3.8) is 0 Å². The summed E-state index contributed by atoms with van der Waals surface area (Å²) in [4.78, 5) is 31.2. The van der Waals surface area contributed by atoms with Gasteiger partial charge in [0.15, 0.2) is 0 Å². The maximum absolute atomic E-state index is 14.3. The highest BCUT2D eigenvalue weighted by atomic mass is 19.1. The summed E-state index contributed by atoms with van der Waals surface area (Å²) >= 11 is 0. The molecule has 2 aliphatic heterocycles. The van der Waals surface area contributed by atoms with Crippen LogP contribution in [0.4, 0.5) is 10.2 Å². The summed E-state index contributed by atoms with van der Waals surface area (Å²) < 4.78 is 14.3. The minimum Gasteiger partial charge on any atom is -0.297 e. The van der Waals surface area contributed by atoms with Crippen molar-refractivity contribution in [3.8, 4) is 0 Å². The SMILES string of the molecule is Cc1nc(C2CCCN(Cc3ccccn3)C2)nc2c1CCC(=O)N2Cc1ccccc1F. The smallest absolute Gasteiger partial charge is 0.228 e. The highest BCUT2D eigenvalue weighted by molar-refractivity contribution is 5.95. The molecule has 0 bridgehead atoms. The van der Waals surface area contributed by atoms with E-state index in [0.717, 1.165) is 55.3 Å². The molecule has 7 heteroatoms. The molecule has 1 atom stereocenters. The van der Waals surface area contributed by atoms with Crippen molar-refractivity contribution in [3.05, 3.63) is 82.8 Å². The molecule has 3 aromatic rings. The van der Waals surface area contributed by atoms with Gasteiger partial charge in [-0.3, -0.25) is 19.6 Å². The van der Waals surface area contributed by atoms with Crippen LogP contribution in [0.3, 0.4) is 0 Å². The van der Waals surface area contributed by atoms with Gasteiger partial charge in [-0.15, -0.1) is 0 Å². The number of halogens is 1. The van der Waals surface area contributed by atoms with Gasteiger partial charge < -0.3 is 0 Å². The third-order valence-electron chi connectivity index (χ3n) is 6.62. The van der Waals surface area contributed by atoms with Crippen molar-refractivity contribution < 1.29 is 9.18 Å². The van der Waals surface area contributed by atoms with Gasteiger partial charge in [0, 0.05) is 48.4 Å². The van der Waals surface area contributed by atoms with Gasteiger partial charge in [0.05, 0.1) is 12.2 Å². The predicted octanol–water partition coefficient (Wildman–Crippen LogP) is 4.18. The monoisotopic (exact) mass is 445 g/mol. The van der Waals surface area contributed by atoms with E-state index < -0.39 is 0 Å². The van der Waals surface area contributed by atoms with Crippen LogP contribution in [0, 0.1) is 12.7 Å². The highest BCUT2D eigenvalue weighted by Crippen LogP contribution is 2.33. The van der Waals surface area contributed by atoms with Crippen LogP contribution < -0.4 is 4.90 Å². The Morgan fingerprint density at radius 3 is 2.73 bits per heavy atom. The zero-order valence-corrected chi connectivity index (χ0v) is 18.9. The molecule has 0 radical (unpaired) electrons. The van der Waals surface area contributed by atoms with Gasteiger partial charge in [0.2, 0.25) is 5.91 Å².